The van der Waals surface area contributed by atoms with Crippen LogP contribution in [0.2, 0.25) is 0 Å². The molecule has 1 aliphatic rings. The molecule has 1 unspecified atom stereocenters. The van der Waals surface area contributed by atoms with Gasteiger partial charge in [0.05, 0.1) is 18.7 Å². The standard InChI is InChI=1S/C18H14FNO2/c19-15-6-3-4-12(8-15)10-21-18-17-14(11-22-18)9-13-5-1-2-7-16(13)20-17/h1-9,18H,10-11H2. The normalized spacial score (nSPS) is 16.9. The summed E-state index contributed by atoms with van der Waals surface area (Å²) in [6.07, 6.45) is -0.497. The molecule has 22 heavy (non-hydrogen) atoms. The Morgan fingerprint density at radius 3 is 2.95 bits per heavy atom. The molecule has 0 bridgehead atoms. The molecule has 3 nitrogen and oxygen atoms in total. The summed E-state index contributed by atoms with van der Waals surface area (Å²) in [6, 6.07) is 16.4. The van der Waals surface area contributed by atoms with Crippen LogP contribution >= 0.6 is 0 Å². The van der Waals surface area contributed by atoms with E-state index in [0.717, 1.165) is 27.7 Å². The predicted molar refractivity (Wildman–Crippen MR) is 80.5 cm³/mol. The second-order valence-corrected chi connectivity index (χ2v) is 5.31. The highest BCUT2D eigenvalue weighted by Crippen LogP contribution is 2.32. The van der Waals surface area contributed by atoms with Gasteiger partial charge >= 0.3 is 0 Å². The lowest BCUT2D eigenvalue weighted by atomic mass is 10.1. The number of pyridine rings is 1. The van der Waals surface area contributed by atoms with Gasteiger partial charge in [0.15, 0.2) is 0 Å². The van der Waals surface area contributed by atoms with Crippen LogP contribution in [0.5, 0.6) is 0 Å². The number of hydrogen-bond acceptors (Lipinski definition) is 3. The Bertz CT molecular complexity index is 834. The van der Waals surface area contributed by atoms with Gasteiger partial charge in [-0.05, 0) is 29.8 Å². The number of ether oxygens (including phenoxy) is 2. The maximum Gasteiger partial charge on any atom is 0.202 e. The van der Waals surface area contributed by atoms with E-state index in [0.29, 0.717) is 6.61 Å². The van der Waals surface area contributed by atoms with Crippen molar-refractivity contribution in [1.82, 2.24) is 4.98 Å². The van der Waals surface area contributed by atoms with Gasteiger partial charge in [0.25, 0.3) is 0 Å². The highest BCUT2D eigenvalue weighted by molar-refractivity contribution is 5.79. The van der Waals surface area contributed by atoms with Crippen LogP contribution in [0, 0.1) is 5.82 Å². The molecule has 0 fully saturated rings. The number of aromatic nitrogens is 1. The Hall–Kier alpha value is -2.30. The molecular weight excluding hydrogens is 281 g/mol. The lowest BCUT2D eigenvalue weighted by Gasteiger charge is -2.12. The first-order valence-electron chi connectivity index (χ1n) is 7.16. The monoisotopic (exact) mass is 295 g/mol. The number of nitrogens with zero attached hydrogens (tertiary/aromatic N) is 1. The molecule has 1 aliphatic heterocycles. The quantitative estimate of drug-likeness (QED) is 0.728. The lowest BCUT2D eigenvalue weighted by molar-refractivity contribution is -0.147. The molecule has 0 saturated heterocycles. The van der Waals surface area contributed by atoms with Crippen LogP contribution in [0.25, 0.3) is 10.9 Å². The molecule has 0 amide bonds. The van der Waals surface area contributed by atoms with Crippen molar-refractivity contribution in [3.8, 4) is 0 Å². The molecule has 4 heteroatoms. The maximum absolute atomic E-state index is 13.2. The van der Waals surface area contributed by atoms with Gasteiger partial charge in [-0.3, -0.25) is 0 Å². The van der Waals surface area contributed by atoms with E-state index in [1.54, 1.807) is 6.07 Å². The molecule has 1 atom stereocenters. The first-order valence-corrected chi connectivity index (χ1v) is 7.16. The lowest BCUT2D eigenvalue weighted by Crippen LogP contribution is -2.04. The van der Waals surface area contributed by atoms with Gasteiger partial charge in [0.2, 0.25) is 6.29 Å². The summed E-state index contributed by atoms with van der Waals surface area (Å²) in [5.41, 5.74) is 3.56. The van der Waals surface area contributed by atoms with E-state index in [1.165, 1.54) is 12.1 Å². The van der Waals surface area contributed by atoms with Gasteiger partial charge in [-0.1, -0.05) is 30.3 Å². The van der Waals surface area contributed by atoms with Crippen LogP contribution in [0.4, 0.5) is 4.39 Å². The van der Waals surface area contributed by atoms with E-state index in [2.05, 4.69) is 11.1 Å². The van der Waals surface area contributed by atoms with Crippen molar-refractivity contribution in [3.05, 3.63) is 77.2 Å². The van der Waals surface area contributed by atoms with E-state index in [1.807, 2.05) is 30.3 Å². The first kappa shape index (κ1) is 13.4. The van der Waals surface area contributed by atoms with Crippen LogP contribution in [-0.4, -0.2) is 4.98 Å². The van der Waals surface area contributed by atoms with Crippen LogP contribution < -0.4 is 0 Å². The number of hydrogen-bond donors (Lipinski definition) is 0. The fourth-order valence-electron chi connectivity index (χ4n) is 2.66. The number of halogens is 1. The van der Waals surface area contributed by atoms with Crippen LogP contribution in [0.15, 0.2) is 54.6 Å². The number of benzene rings is 2. The highest BCUT2D eigenvalue weighted by atomic mass is 19.1. The summed E-state index contributed by atoms with van der Waals surface area (Å²) in [5, 5.41) is 1.09. The molecular formula is C18H14FNO2. The average molecular weight is 295 g/mol. The zero-order chi connectivity index (χ0) is 14.9. The Labute approximate surface area is 127 Å². The van der Waals surface area contributed by atoms with Gasteiger partial charge in [-0.15, -0.1) is 0 Å². The average Bonchev–Trinajstić information content (AvgIpc) is 2.93. The Morgan fingerprint density at radius 1 is 1.14 bits per heavy atom. The first-order chi connectivity index (χ1) is 10.8. The van der Waals surface area contributed by atoms with Crippen molar-refractivity contribution < 1.29 is 13.9 Å². The Morgan fingerprint density at radius 2 is 2.05 bits per heavy atom. The number of fused-ring (bicyclic) bond motifs is 2. The molecule has 110 valence electrons. The van der Waals surface area contributed by atoms with E-state index < -0.39 is 6.29 Å². The molecule has 4 rings (SSSR count). The minimum absolute atomic E-state index is 0.266. The van der Waals surface area contributed by atoms with Crippen molar-refractivity contribution in [2.45, 2.75) is 19.5 Å². The van der Waals surface area contributed by atoms with Crippen LogP contribution in [0.1, 0.15) is 23.1 Å². The SMILES string of the molecule is Fc1cccc(COC2OCc3cc4ccccc4nc32)c1. The third kappa shape index (κ3) is 2.47. The van der Waals surface area contributed by atoms with Crippen molar-refractivity contribution in [2.75, 3.05) is 0 Å². The van der Waals surface area contributed by atoms with Gasteiger partial charge < -0.3 is 9.47 Å². The zero-order valence-corrected chi connectivity index (χ0v) is 11.8. The fraction of sp³-hybridized carbons (Fsp3) is 0.167. The molecule has 0 saturated carbocycles. The summed E-state index contributed by atoms with van der Waals surface area (Å²) in [7, 11) is 0. The van der Waals surface area contributed by atoms with Crippen molar-refractivity contribution >= 4 is 10.9 Å². The van der Waals surface area contributed by atoms with Crippen molar-refractivity contribution in [1.29, 1.82) is 0 Å². The second-order valence-electron chi connectivity index (χ2n) is 5.31. The summed E-state index contributed by atoms with van der Waals surface area (Å²) >= 11 is 0. The summed E-state index contributed by atoms with van der Waals surface area (Å²) in [4.78, 5) is 4.64. The third-order valence-electron chi connectivity index (χ3n) is 3.74. The number of rotatable bonds is 3. The number of para-hydroxylation sites is 1. The van der Waals surface area contributed by atoms with Gasteiger partial charge in [0, 0.05) is 10.9 Å². The minimum atomic E-state index is -0.497. The molecule has 2 heterocycles. The van der Waals surface area contributed by atoms with Crippen LogP contribution in [-0.2, 0) is 22.7 Å². The molecule has 3 aromatic rings. The smallest absolute Gasteiger partial charge is 0.202 e. The Kier molecular flexibility index (Phi) is 3.33. The summed E-state index contributed by atoms with van der Waals surface area (Å²) in [6.45, 7) is 0.775. The van der Waals surface area contributed by atoms with Crippen LogP contribution in [0.3, 0.4) is 0 Å². The minimum Gasteiger partial charge on any atom is -0.342 e. The van der Waals surface area contributed by atoms with E-state index in [9.17, 15) is 4.39 Å². The Balaban J connectivity index is 1.57. The highest BCUT2D eigenvalue weighted by Gasteiger charge is 2.26. The van der Waals surface area contributed by atoms with Gasteiger partial charge in [-0.2, -0.15) is 0 Å². The molecule has 0 N–H and O–H groups in total. The molecule has 0 radical (unpaired) electrons. The molecule has 2 aromatic carbocycles. The van der Waals surface area contributed by atoms with Crippen molar-refractivity contribution in [3.63, 3.8) is 0 Å². The predicted octanol–water partition coefficient (Wildman–Crippen LogP) is 4.12. The summed E-state index contributed by atoms with van der Waals surface area (Å²) in [5.74, 6) is -0.266. The third-order valence-corrected chi connectivity index (χ3v) is 3.74. The largest absolute Gasteiger partial charge is 0.342 e. The summed E-state index contributed by atoms with van der Waals surface area (Å²) < 4.78 is 24.6. The molecule has 0 aliphatic carbocycles. The molecule has 1 aromatic heterocycles. The second kappa shape index (κ2) is 5.48. The van der Waals surface area contributed by atoms with E-state index in [4.69, 9.17) is 9.47 Å². The fourth-order valence-corrected chi connectivity index (χ4v) is 2.66. The topological polar surface area (TPSA) is 31.4 Å². The van der Waals surface area contributed by atoms with Gasteiger partial charge in [-0.25, -0.2) is 9.37 Å². The van der Waals surface area contributed by atoms with Gasteiger partial charge in [0.1, 0.15) is 11.5 Å². The molecule has 0 spiro atoms. The van der Waals surface area contributed by atoms with Crippen molar-refractivity contribution in [2.24, 2.45) is 0 Å². The zero-order valence-electron chi connectivity index (χ0n) is 11.8. The maximum atomic E-state index is 13.2. The van der Waals surface area contributed by atoms with E-state index in [-0.39, 0.29) is 12.4 Å². The van der Waals surface area contributed by atoms with E-state index >= 15 is 0 Å².